The van der Waals surface area contributed by atoms with E-state index >= 15 is 0 Å². The Labute approximate surface area is 205 Å². The fourth-order valence-corrected chi connectivity index (χ4v) is 4.47. The Kier molecular flexibility index (Phi) is 14.8. The van der Waals surface area contributed by atoms with Crippen molar-refractivity contribution in [2.45, 2.75) is 83.5 Å². The Morgan fingerprint density at radius 2 is 1.70 bits per heavy atom. The van der Waals surface area contributed by atoms with Gasteiger partial charge in [0.15, 0.2) is 0 Å². The molecule has 1 atom stereocenters. The van der Waals surface area contributed by atoms with Crippen LogP contribution in [0.2, 0.25) is 0 Å². The summed E-state index contributed by atoms with van der Waals surface area (Å²) in [5.41, 5.74) is 1.42. The molecule has 0 saturated carbocycles. The molecule has 180 valence electrons. The summed E-state index contributed by atoms with van der Waals surface area (Å²) in [5.74, 6) is 0.297. The fraction of sp³-hybridized carbons (Fsp3) is 0.483. The molecule has 1 aromatic heterocycles. The van der Waals surface area contributed by atoms with Crippen LogP contribution in [0.3, 0.4) is 0 Å². The van der Waals surface area contributed by atoms with Gasteiger partial charge in [-0.3, -0.25) is 4.79 Å². The molecular weight excluding hydrogens is 426 g/mol. The lowest BCUT2D eigenvalue weighted by atomic mass is 9.94. The minimum atomic E-state index is -0.124. The van der Waals surface area contributed by atoms with Gasteiger partial charge in [-0.1, -0.05) is 93.4 Å². The monoisotopic (exact) mass is 467 g/mol. The van der Waals surface area contributed by atoms with Crippen molar-refractivity contribution in [1.82, 2.24) is 5.32 Å². The highest BCUT2D eigenvalue weighted by Crippen LogP contribution is 2.23. The summed E-state index contributed by atoms with van der Waals surface area (Å²) in [6, 6.07) is 4.04. The Morgan fingerprint density at radius 1 is 1.00 bits per heavy atom. The van der Waals surface area contributed by atoms with Crippen molar-refractivity contribution < 1.29 is 9.53 Å². The summed E-state index contributed by atoms with van der Waals surface area (Å²) in [6.07, 6.45) is 28.7. The molecule has 1 N–H and O–H groups in total. The van der Waals surface area contributed by atoms with E-state index in [-0.39, 0.29) is 11.9 Å². The fourth-order valence-electron chi connectivity index (χ4n) is 4.02. The summed E-state index contributed by atoms with van der Waals surface area (Å²) in [6.45, 7) is 3.90. The average Bonchev–Trinajstić information content (AvgIpc) is 3.30. The first-order valence-corrected chi connectivity index (χ1v) is 13.5. The van der Waals surface area contributed by atoms with Crippen molar-refractivity contribution in [1.29, 1.82) is 0 Å². The van der Waals surface area contributed by atoms with Gasteiger partial charge in [-0.2, -0.15) is 11.3 Å². The standard InChI is InChI=1S/C25H37NO2.C4H4S/c1-2-15-22-16-11-8-6-4-3-5-7-9-12-17-23(20-19-22)25(27)28-24-18-13-10-14-21-26-24;1-2-4-5-3-1/h2,10,13-14,18-19,21,23,26H,1,3-9,11-12,15-17,20H2;1-4H. The molecule has 0 radical (unpaired) electrons. The zero-order valence-corrected chi connectivity index (χ0v) is 20.9. The van der Waals surface area contributed by atoms with Gasteiger partial charge in [-0.15, -0.1) is 6.58 Å². The van der Waals surface area contributed by atoms with Gasteiger partial charge in [0.25, 0.3) is 0 Å². The van der Waals surface area contributed by atoms with Crippen LogP contribution >= 0.6 is 11.3 Å². The summed E-state index contributed by atoms with van der Waals surface area (Å²) in [5, 5.41) is 7.10. The number of hydrogen-bond acceptors (Lipinski definition) is 4. The number of hydrogen-bond donors (Lipinski definition) is 1. The van der Waals surface area contributed by atoms with Gasteiger partial charge in [0, 0.05) is 6.20 Å². The third-order valence-electron chi connectivity index (χ3n) is 5.91. The maximum absolute atomic E-state index is 12.8. The smallest absolute Gasteiger partial charge is 0.315 e. The predicted octanol–water partition coefficient (Wildman–Crippen LogP) is 8.61. The number of carbonyl (C=O) groups excluding carboxylic acids is 1. The van der Waals surface area contributed by atoms with Crippen LogP contribution in [0.15, 0.2) is 83.6 Å². The van der Waals surface area contributed by atoms with E-state index in [2.05, 4.69) is 18.0 Å². The summed E-state index contributed by atoms with van der Waals surface area (Å²) in [7, 11) is 0. The molecule has 0 spiro atoms. The second-order valence-corrected chi connectivity index (χ2v) is 9.46. The highest BCUT2D eigenvalue weighted by atomic mass is 32.1. The SMILES string of the molecule is C=CCC1=CCC(C(=O)OC2=CC=CC=CN2)CCCCCCCCCCC1.c1ccsc1. The number of esters is 1. The molecule has 1 aliphatic carbocycles. The van der Waals surface area contributed by atoms with E-state index in [1.54, 1.807) is 23.6 Å². The number of thiophene rings is 1. The number of nitrogens with one attached hydrogen (secondary N) is 1. The molecule has 0 bridgehead atoms. The quantitative estimate of drug-likeness (QED) is 0.356. The van der Waals surface area contributed by atoms with Crippen LogP contribution in [0.1, 0.15) is 83.5 Å². The van der Waals surface area contributed by atoms with Gasteiger partial charge in [-0.25, -0.2) is 0 Å². The molecule has 0 fully saturated rings. The molecule has 2 heterocycles. The molecule has 3 nitrogen and oxygen atoms in total. The maximum atomic E-state index is 12.8. The Bertz CT molecular complexity index is 756. The summed E-state index contributed by atoms with van der Waals surface area (Å²) < 4.78 is 5.65. The Hall–Kier alpha value is -2.33. The molecule has 0 amide bonds. The van der Waals surface area contributed by atoms with E-state index in [9.17, 15) is 4.79 Å². The second kappa shape index (κ2) is 18.1. The molecular formula is C29H41NO2S. The Morgan fingerprint density at radius 3 is 2.36 bits per heavy atom. The zero-order valence-electron chi connectivity index (χ0n) is 20.1. The second-order valence-electron chi connectivity index (χ2n) is 8.64. The minimum Gasteiger partial charge on any atom is -0.409 e. The van der Waals surface area contributed by atoms with Crippen LogP contribution in [0.4, 0.5) is 0 Å². The van der Waals surface area contributed by atoms with Crippen molar-refractivity contribution in [3.63, 3.8) is 0 Å². The highest BCUT2D eigenvalue weighted by molar-refractivity contribution is 7.07. The minimum absolute atomic E-state index is 0.0798. The lowest BCUT2D eigenvalue weighted by molar-refractivity contribution is -0.144. The first-order valence-electron chi connectivity index (χ1n) is 12.6. The average molecular weight is 468 g/mol. The first kappa shape index (κ1) is 26.9. The topological polar surface area (TPSA) is 38.3 Å². The van der Waals surface area contributed by atoms with Gasteiger partial charge in [-0.05, 0) is 55.0 Å². The normalized spacial score (nSPS) is 20.3. The molecule has 1 unspecified atom stereocenters. The molecule has 2 aliphatic rings. The zero-order chi connectivity index (χ0) is 23.4. The predicted molar refractivity (Wildman–Crippen MR) is 142 cm³/mol. The molecule has 0 saturated heterocycles. The third kappa shape index (κ3) is 13.1. The van der Waals surface area contributed by atoms with Gasteiger partial charge >= 0.3 is 5.97 Å². The van der Waals surface area contributed by atoms with Crippen molar-refractivity contribution in [2.75, 3.05) is 0 Å². The van der Waals surface area contributed by atoms with E-state index in [1.807, 2.05) is 47.2 Å². The Balaban J connectivity index is 0.000000678. The highest BCUT2D eigenvalue weighted by Gasteiger charge is 2.20. The van der Waals surface area contributed by atoms with Crippen LogP contribution in [0.5, 0.6) is 0 Å². The maximum Gasteiger partial charge on any atom is 0.315 e. The molecule has 0 aromatic carbocycles. The van der Waals surface area contributed by atoms with Crippen LogP contribution in [-0.4, -0.2) is 5.97 Å². The van der Waals surface area contributed by atoms with E-state index in [0.29, 0.717) is 5.88 Å². The van der Waals surface area contributed by atoms with Crippen molar-refractivity contribution >= 4 is 17.3 Å². The summed E-state index contributed by atoms with van der Waals surface area (Å²) >= 11 is 1.71. The van der Waals surface area contributed by atoms with E-state index < -0.39 is 0 Å². The lowest BCUT2D eigenvalue weighted by Gasteiger charge is -2.16. The lowest BCUT2D eigenvalue weighted by Crippen LogP contribution is -2.21. The number of carbonyl (C=O) groups is 1. The number of allylic oxidation sites excluding steroid dienone is 7. The van der Waals surface area contributed by atoms with Gasteiger partial charge < -0.3 is 10.1 Å². The van der Waals surface area contributed by atoms with Crippen molar-refractivity contribution in [3.8, 4) is 0 Å². The summed E-state index contributed by atoms with van der Waals surface area (Å²) in [4.78, 5) is 12.8. The van der Waals surface area contributed by atoms with E-state index in [1.165, 1.54) is 56.9 Å². The van der Waals surface area contributed by atoms with Crippen LogP contribution in [0, 0.1) is 5.92 Å². The molecule has 1 aromatic rings. The number of ether oxygens (including phenoxy) is 1. The molecule has 33 heavy (non-hydrogen) atoms. The van der Waals surface area contributed by atoms with E-state index in [0.717, 1.165) is 32.1 Å². The van der Waals surface area contributed by atoms with Gasteiger partial charge in [0.05, 0.1) is 5.92 Å². The number of rotatable bonds is 4. The van der Waals surface area contributed by atoms with E-state index in [4.69, 9.17) is 4.74 Å². The van der Waals surface area contributed by atoms with Crippen LogP contribution in [-0.2, 0) is 9.53 Å². The molecule has 4 heteroatoms. The van der Waals surface area contributed by atoms with Gasteiger partial charge in [0.1, 0.15) is 0 Å². The molecule has 1 aliphatic heterocycles. The van der Waals surface area contributed by atoms with Crippen LogP contribution in [0.25, 0.3) is 0 Å². The van der Waals surface area contributed by atoms with Crippen LogP contribution < -0.4 is 5.32 Å². The first-order chi connectivity index (χ1) is 16.3. The van der Waals surface area contributed by atoms with Crippen molar-refractivity contribution in [3.05, 3.63) is 83.6 Å². The van der Waals surface area contributed by atoms with Gasteiger partial charge in [0.2, 0.25) is 5.88 Å². The van der Waals surface area contributed by atoms with Crippen molar-refractivity contribution in [2.24, 2.45) is 5.92 Å². The largest absolute Gasteiger partial charge is 0.409 e. The molecule has 3 rings (SSSR count). The third-order valence-corrected chi connectivity index (χ3v) is 6.54.